The number of likely N-dealkylation sites (tertiary alicyclic amines) is 1. The van der Waals surface area contributed by atoms with Gasteiger partial charge in [0.05, 0.1) is 0 Å². The minimum Gasteiger partial charge on any atom is -0.314 e. The Hall–Kier alpha value is -0.860. The van der Waals surface area contributed by atoms with Crippen LogP contribution in [0, 0.1) is 5.92 Å². The quantitative estimate of drug-likeness (QED) is 0.882. The molecule has 1 aromatic rings. The fraction of sp³-hybridized carbons (Fsp3) is 0.667. The number of aryl methyl sites for hydroxylation is 1. The Labute approximate surface area is 124 Å². The molecule has 0 bridgehead atoms. The van der Waals surface area contributed by atoms with Gasteiger partial charge in [0.15, 0.2) is 0 Å². The lowest BCUT2D eigenvalue weighted by Crippen LogP contribution is -2.42. The number of hydrogen-bond acceptors (Lipinski definition) is 2. The third-order valence-electron chi connectivity index (χ3n) is 4.55. The molecule has 1 heterocycles. The largest absolute Gasteiger partial charge is 0.314 e. The molecule has 1 saturated heterocycles. The van der Waals surface area contributed by atoms with Gasteiger partial charge < -0.3 is 5.32 Å². The van der Waals surface area contributed by atoms with Crippen LogP contribution in [0.25, 0.3) is 0 Å². The van der Waals surface area contributed by atoms with Crippen molar-refractivity contribution in [3.05, 3.63) is 35.4 Å². The number of rotatable bonds is 5. The summed E-state index contributed by atoms with van der Waals surface area (Å²) in [5.41, 5.74) is 3.06. The average molecular weight is 274 g/mol. The SMILES string of the molecule is CCc1ccccc1C1C(CNC(C)C)CCCN1C. The first kappa shape index (κ1) is 15.5. The fourth-order valence-corrected chi connectivity index (χ4v) is 3.50. The van der Waals surface area contributed by atoms with Crippen molar-refractivity contribution in [2.75, 3.05) is 20.1 Å². The van der Waals surface area contributed by atoms with Gasteiger partial charge in [0.1, 0.15) is 0 Å². The lowest BCUT2D eigenvalue weighted by atomic mass is 9.82. The summed E-state index contributed by atoms with van der Waals surface area (Å²) in [6.07, 6.45) is 3.79. The van der Waals surface area contributed by atoms with Crippen molar-refractivity contribution in [3.63, 3.8) is 0 Å². The maximum Gasteiger partial charge on any atom is 0.0388 e. The molecule has 1 aliphatic rings. The predicted molar refractivity (Wildman–Crippen MR) is 87.1 cm³/mol. The van der Waals surface area contributed by atoms with Crippen LogP contribution in [0.15, 0.2) is 24.3 Å². The summed E-state index contributed by atoms with van der Waals surface area (Å²) >= 11 is 0. The number of nitrogens with zero attached hydrogens (tertiary/aromatic N) is 1. The standard InChI is InChI=1S/C18H30N2/c1-5-15-9-6-7-11-17(15)18-16(13-19-14(2)3)10-8-12-20(18)4/h6-7,9,11,14,16,18-19H,5,8,10,12-13H2,1-4H3. The van der Waals surface area contributed by atoms with Gasteiger partial charge in [0.25, 0.3) is 0 Å². The third kappa shape index (κ3) is 3.62. The molecule has 1 fully saturated rings. The first-order valence-corrected chi connectivity index (χ1v) is 8.15. The van der Waals surface area contributed by atoms with Crippen molar-refractivity contribution < 1.29 is 0 Å². The fourth-order valence-electron chi connectivity index (χ4n) is 3.50. The predicted octanol–water partition coefficient (Wildman–Crippen LogP) is 3.63. The van der Waals surface area contributed by atoms with Crippen LogP contribution >= 0.6 is 0 Å². The van der Waals surface area contributed by atoms with Crippen molar-refractivity contribution in [2.45, 2.75) is 52.1 Å². The highest BCUT2D eigenvalue weighted by atomic mass is 15.1. The first-order valence-electron chi connectivity index (χ1n) is 8.15. The van der Waals surface area contributed by atoms with Gasteiger partial charge in [-0.25, -0.2) is 0 Å². The second-order valence-corrected chi connectivity index (χ2v) is 6.44. The zero-order valence-electron chi connectivity index (χ0n) is 13.5. The minimum absolute atomic E-state index is 0.573. The summed E-state index contributed by atoms with van der Waals surface area (Å²) in [6, 6.07) is 10.2. The molecule has 2 heteroatoms. The van der Waals surface area contributed by atoms with Gasteiger partial charge in [-0.2, -0.15) is 0 Å². The van der Waals surface area contributed by atoms with E-state index in [-0.39, 0.29) is 0 Å². The van der Waals surface area contributed by atoms with Crippen LogP contribution in [-0.2, 0) is 6.42 Å². The number of nitrogens with one attached hydrogen (secondary N) is 1. The molecule has 1 aromatic carbocycles. The number of benzene rings is 1. The highest BCUT2D eigenvalue weighted by Crippen LogP contribution is 2.36. The maximum atomic E-state index is 3.65. The maximum absolute atomic E-state index is 3.65. The molecule has 1 aliphatic heterocycles. The summed E-state index contributed by atoms with van der Waals surface area (Å²) in [7, 11) is 2.29. The summed E-state index contributed by atoms with van der Waals surface area (Å²) in [5, 5.41) is 3.65. The second-order valence-electron chi connectivity index (χ2n) is 6.44. The molecule has 0 amide bonds. The Morgan fingerprint density at radius 3 is 2.75 bits per heavy atom. The van der Waals surface area contributed by atoms with E-state index < -0.39 is 0 Å². The van der Waals surface area contributed by atoms with E-state index in [4.69, 9.17) is 0 Å². The molecule has 0 spiro atoms. The summed E-state index contributed by atoms with van der Waals surface area (Å²) in [6.45, 7) is 9.09. The lowest BCUT2D eigenvalue weighted by molar-refractivity contribution is 0.117. The molecule has 2 nitrogen and oxygen atoms in total. The summed E-state index contributed by atoms with van der Waals surface area (Å²) < 4.78 is 0. The smallest absolute Gasteiger partial charge is 0.0388 e. The first-order chi connectivity index (χ1) is 9.63. The highest BCUT2D eigenvalue weighted by Gasteiger charge is 2.31. The van der Waals surface area contributed by atoms with E-state index in [9.17, 15) is 0 Å². The molecule has 1 N–H and O–H groups in total. The molecular formula is C18H30N2. The molecule has 0 aromatic heterocycles. The molecule has 112 valence electrons. The normalized spacial score (nSPS) is 24.2. The Kier molecular flexibility index (Phi) is 5.62. The van der Waals surface area contributed by atoms with Gasteiger partial charge in [-0.3, -0.25) is 4.90 Å². The van der Waals surface area contributed by atoms with Crippen LogP contribution in [0.4, 0.5) is 0 Å². The van der Waals surface area contributed by atoms with Crippen molar-refractivity contribution >= 4 is 0 Å². The van der Waals surface area contributed by atoms with Gasteiger partial charge >= 0.3 is 0 Å². The molecule has 0 saturated carbocycles. The second kappa shape index (κ2) is 7.24. The van der Waals surface area contributed by atoms with Gasteiger partial charge in [0.2, 0.25) is 0 Å². The van der Waals surface area contributed by atoms with Crippen LogP contribution in [0.3, 0.4) is 0 Å². The van der Waals surface area contributed by atoms with Crippen LogP contribution in [0.5, 0.6) is 0 Å². The van der Waals surface area contributed by atoms with Crippen molar-refractivity contribution in [1.82, 2.24) is 10.2 Å². The van der Waals surface area contributed by atoms with Crippen LogP contribution in [0.2, 0.25) is 0 Å². The molecular weight excluding hydrogens is 244 g/mol. The Balaban J connectivity index is 2.22. The van der Waals surface area contributed by atoms with E-state index in [0.29, 0.717) is 12.1 Å². The Morgan fingerprint density at radius 1 is 1.30 bits per heavy atom. The van der Waals surface area contributed by atoms with Crippen molar-refractivity contribution in [1.29, 1.82) is 0 Å². The molecule has 2 atom stereocenters. The van der Waals surface area contributed by atoms with Gasteiger partial charge in [-0.15, -0.1) is 0 Å². The van der Waals surface area contributed by atoms with Crippen LogP contribution < -0.4 is 5.32 Å². The highest BCUT2D eigenvalue weighted by molar-refractivity contribution is 5.31. The topological polar surface area (TPSA) is 15.3 Å². The molecule has 20 heavy (non-hydrogen) atoms. The number of hydrogen-bond donors (Lipinski definition) is 1. The molecule has 0 aliphatic carbocycles. The third-order valence-corrected chi connectivity index (χ3v) is 4.55. The summed E-state index contributed by atoms with van der Waals surface area (Å²) in [5.74, 6) is 0.726. The van der Waals surface area contributed by atoms with E-state index in [1.165, 1.54) is 24.9 Å². The Morgan fingerprint density at radius 2 is 2.05 bits per heavy atom. The monoisotopic (exact) mass is 274 g/mol. The summed E-state index contributed by atoms with van der Waals surface area (Å²) in [4.78, 5) is 2.56. The van der Waals surface area contributed by atoms with Crippen LogP contribution in [0.1, 0.15) is 50.8 Å². The van der Waals surface area contributed by atoms with Gasteiger partial charge in [0, 0.05) is 18.6 Å². The minimum atomic E-state index is 0.573. The van der Waals surface area contributed by atoms with E-state index in [1.807, 2.05) is 0 Å². The zero-order chi connectivity index (χ0) is 14.5. The molecule has 2 unspecified atom stereocenters. The van der Waals surface area contributed by atoms with Gasteiger partial charge in [-0.05, 0) is 49.9 Å². The lowest BCUT2D eigenvalue weighted by Gasteiger charge is -2.41. The average Bonchev–Trinajstić information content (AvgIpc) is 2.45. The van der Waals surface area contributed by atoms with Crippen molar-refractivity contribution in [3.8, 4) is 0 Å². The molecule has 2 rings (SSSR count). The number of piperidine rings is 1. The van der Waals surface area contributed by atoms with Gasteiger partial charge in [-0.1, -0.05) is 45.0 Å². The van der Waals surface area contributed by atoms with E-state index in [1.54, 1.807) is 5.56 Å². The van der Waals surface area contributed by atoms with Crippen molar-refractivity contribution in [2.24, 2.45) is 5.92 Å². The zero-order valence-corrected chi connectivity index (χ0v) is 13.5. The van der Waals surface area contributed by atoms with E-state index >= 15 is 0 Å². The van der Waals surface area contributed by atoms with E-state index in [2.05, 4.69) is 62.3 Å². The molecule has 0 radical (unpaired) electrons. The van der Waals surface area contributed by atoms with E-state index in [0.717, 1.165) is 18.9 Å². The Bertz CT molecular complexity index is 414. The van der Waals surface area contributed by atoms with Crippen LogP contribution in [-0.4, -0.2) is 31.1 Å².